The van der Waals surface area contributed by atoms with Gasteiger partial charge in [0.2, 0.25) is 0 Å². The van der Waals surface area contributed by atoms with Crippen molar-refractivity contribution in [2.24, 2.45) is 4.99 Å². The van der Waals surface area contributed by atoms with E-state index in [1.165, 1.54) is 13.2 Å². The average molecular weight is 375 g/mol. The summed E-state index contributed by atoms with van der Waals surface area (Å²) in [5.41, 5.74) is 0.861. The SMILES string of the molecule is CCNC(=NCc1ccc(OC)c(O)c1)N(C)CCOc1ccccc1F. The van der Waals surface area contributed by atoms with Crippen LogP contribution in [0.5, 0.6) is 17.2 Å². The third-order valence-electron chi connectivity index (χ3n) is 3.87. The maximum absolute atomic E-state index is 13.6. The lowest BCUT2D eigenvalue weighted by Crippen LogP contribution is -2.40. The Hall–Kier alpha value is -2.96. The zero-order valence-electron chi connectivity index (χ0n) is 15.9. The van der Waals surface area contributed by atoms with Crippen LogP contribution in [-0.4, -0.2) is 49.8 Å². The number of phenolic OH excluding ortho intramolecular Hbond substituents is 1. The van der Waals surface area contributed by atoms with Crippen molar-refractivity contribution in [1.29, 1.82) is 0 Å². The largest absolute Gasteiger partial charge is 0.504 e. The quantitative estimate of drug-likeness (QED) is 0.548. The number of hydrogen-bond donors (Lipinski definition) is 2. The van der Waals surface area contributed by atoms with E-state index in [2.05, 4.69) is 10.3 Å². The first-order valence-corrected chi connectivity index (χ1v) is 8.77. The number of nitrogens with zero attached hydrogens (tertiary/aromatic N) is 2. The summed E-state index contributed by atoms with van der Waals surface area (Å²) in [5.74, 6) is 1.07. The van der Waals surface area contributed by atoms with Crippen LogP contribution in [0, 0.1) is 5.82 Å². The highest BCUT2D eigenvalue weighted by Gasteiger charge is 2.08. The second kappa shape index (κ2) is 10.3. The first kappa shape index (κ1) is 20.4. The standard InChI is InChI=1S/C20H26FN3O3/c1-4-22-20(23-14-15-9-10-19(26-3)17(25)13-15)24(2)11-12-27-18-8-6-5-7-16(18)21/h5-10,13,25H,4,11-12,14H2,1-3H3,(H,22,23). The molecule has 0 spiro atoms. The number of para-hydroxylation sites is 1. The molecule has 2 aromatic rings. The van der Waals surface area contributed by atoms with Gasteiger partial charge in [-0.3, -0.25) is 0 Å². The van der Waals surface area contributed by atoms with E-state index in [0.717, 1.165) is 5.56 Å². The second-order valence-corrected chi connectivity index (χ2v) is 5.88. The number of aromatic hydroxyl groups is 1. The van der Waals surface area contributed by atoms with Crippen LogP contribution >= 0.6 is 0 Å². The monoisotopic (exact) mass is 375 g/mol. The van der Waals surface area contributed by atoms with Crippen molar-refractivity contribution in [1.82, 2.24) is 10.2 Å². The smallest absolute Gasteiger partial charge is 0.194 e. The van der Waals surface area contributed by atoms with Gasteiger partial charge in [-0.25, -0.2) is 9.38 Å². The molecular formula is C20H26FN3O3. The summed E-state index contributed by atoms with van der Waals surface area (Å²) in [7, 11) is 3.40. The molecule has 6 nitrogen and oxygen atoms in total. The fraction of sp³-hybridized carbons (Fsp3) is 0.350. The van der Waals surface area contributed by atoms with E-state index in [1.54, 1.807) is 30.3 Å². The van der Waals surface area contributed by atoms with Gasteiger partial charge in [-0.2, -0.15) is 0 Å². The van der Waals surface area contributed by atoms with E-state index in [-0.39, 0.29) is 17.3 Å². The molecule has 0 saturated carbocycles. The van der Waals surface area contributed by atoms with Gasteiger partial charge in [0.05, 0.1) is 20.2 Å². The maximum atomic E-state index is 13.6. The molecule has 0 amide bonds. The third-order valence-corrected chi connectivity index (χ3v) is 3.87. The lowest BCUT2D eigenvalue weighted by atomic mass is 10.2. The molecule has 2 rings (SSSR count). The fourth-order valence-electron chi connectivity index (χ4n) is 2.43. The van der Waals surface area contributed by atoms with E-state index in [9.17, 15) is 9.50 Å². The third kappa shape index (κ3) is 6.06. The Kier molecular flexibility index (Phi) is 7.73. The fourth-order valence-corrected chi connectivity index (χ4v) is 2.43. The number of hydrogen-bond acceptors (Lipinski definition) is 4. The molecule has 0 atom stereocenters. The van der Waals surface area contributed by atoms with Crippen molar-refractivity contribution in [2.75, 3.05) is 33.9 Å². The van der Waals surface area contributed by atoms with E-state index in [1.807, 2.05) is 24.9 Å². The van der Waals surface area contributed by atoms with E-state index in [0.29, 0.717) is 38.0 Å². The number of methoxy groups -OCH3 is 1. The van der Waals surface area contributed by atoms with Crippen LogP contribution in [0.15, 0.2) is 47.5 Å². The molecule has 146 valence electrons. The Labute approximate surface area is 159 Å². The Bertz CT molecular complexity index is 768. The van der Waals surface area contributed by atoms with Crippen molar-refractivity contribution in [3.63, 3.8) is 0 Å². The minimum atomic E-state index is -0.375. The van der Waals surface area contributed by atoms with Crippen LogP contribution in [0.3, 0.4) is 0 Å². The normalized spacial score (nSPS) is 11.2. The topological polar surface area (TPSA) is 66.3 Å². The predicted octanol–water partition coefficient (Wildman–Crippen LogP) is 3.02. The molecular weight excluding hydrogens is 349 g/mol. The van der Waals surface area contributed by atoms with Crippen molar-refractivity contribution in [3.05, 3.63) is 53.8 Å². The molecule has 2 N–H and O–H groups in total. The number of benzene rings is 2. The zero-order chi connectivity index (χ0) is 19.6. The first-order valence-electron chi connectivity index (χ1n) is 8.77. The summed E-state index contributed by atoms with van der Waals surface area (Å²) in [4.78, 5) is 6.48. The highest BCUT2D eigenvalue weighted by atomic mass is 19.1. The van der Waals surface area contributed by atoms with E-state index < -0.39 is 0 Å². The van der Waals surface area contributed by atoms with Gasteiger partial charge in [0.15, 0.2) is 29.0 Å². The minimum Gasteiger partial charge on any atom is -0.504 e. The van der Waals surface area contributed by atoms with Crippen LogP contribution in [0.4, 0.5) is 4.39 Å². The summed E-state index contributed by atoms with van der Waals surface area (Å²) < 4.78 is 24.1. The lowest BCUT2D eigenvalue weighted by Gasteiger charge is -2.22. The van der Waals surface area contributed by atoms with Crippen LogP contribution in [-0.2, 0) is 6.54 Å². The molecule has 2 aromatic carbocycles. The summed E-state index contributed by atoms with van der Waals surface area (Å²) in [6, 6.07) is 11.5. The Balaban J connectivity index is 1.95. The predicted molar refractivity (Wildman–Crippen MR) is 104 cm³/mol. The van der Waals surface area contributed by atoms with Crippen LogP contribution in [0.1, 0.15) is 12.5 Å². The summed E-state index contributed by atoms with van der Waals surface area (Å²) >= 11 is 0. The average Bonchev–Trinajstić information content (AvgIpc) is 2.66. The van der Waals surface area contributed by atoms with Crippen LogP contribution in [0.2, 0.25) is 0 Å². The Morgan fingerprint density at radius 2 is 2.00 bits per heavy atom. The van der Waals surface area contributed by atoms with Gasteiger partial charge in [-0.05, 0) is 36.8 Å². The van der Waals surface area contributed by atoms with Gasteiger partial charge < -0.3 is 24.8 Å². The van der Waals surface area contributed by atoms with Crippen molar-refractivity contribution in [2.45, 2.75) is 13.5 Å². The summed E-state index contributed by atoms with van der Waals surface area (Å²) in [6.07, 6.45) is 0. The highest BCUT2D eigenvalue weighted by Crippen LogP contribution is 2.26. The highest BCUT2D eigenvalue weighted by molar-refractivity contribution is 5.79. The molecule has 0 radical (unpaired) electrons. The Morgan fingerprint density at radius 1 is 1.22 bits per heavy atom. The maximum Gasteiger partial charge on any atom is 0.194 e. The van der Waals surface area contributed by atoms with Gasteiger partial charge in [0, 0.05) is 13.6 Å². The Morgan fingerprint density at radius 3 is 2.67 bits per heavy atom. The first-order chi connectivity index (χ1) is 13.0. The second-order valence-electron chi connectivity index (χ2n) is 5.88. The molecule has 7 heteroatoms. The number of likely N-dealkylation sites (N-methyl/N-ethyl adjacent to an activating group) is 1. The molecule has 0 heterocycles. The van der Waals surface area contributed by atoms with Gasteiger partial charge >= 0.3 is 0 Å². The number of guanidine groups is 1. The number of nitrogens with one attached hydrogen (secondary N) is 1. The minimum absolute atomic E-state index is 0.0850. The van der Waals surface area contributed by atoms with Gasteiger partial charge in [-0.15, -0.1) is 0 Å². The molecule has 0 aliphatic heterocycles. The molecule has 0 aromatic heterocycles. The zero-order valence-corrected chi connectivity index (χ0v) is 15.9. The van der Waals surface area contributed by atoms with E-state index >= 15 is 0 Å². The molecule has 0 fully saturated rings. The lowest BCUT2D eigenvalue weighted by molar-refractivity contribution is 0.270. The number of phenols is 1. The molecule has 0 aliphatic carbocycles. The van der Waals surface area contributed by atoms with Crippen molar-refractivity contribution in [3.8, 4) is 17.2 Å². The molecule has 0 bridgehead atoms. The number of halogens is 1. The summed E-state index contributed by atoms with van der Waals surface area (Å²) in [5, 5.41) is 13.1. The van der Waals surface area contributed by atoms with Crippen molar-refractivity contribution < 1.29 is 19.0 Å². The molecule has 27 heavy (non-hydrogen) atoms. The number of ether oxygens (including phenoxy) is 2. The van der Waals surface area contributed by atoms with Gasteiger partial charge in [0.25, 0.3) is 0 Å². The van der Waals surface area contributed by atoms with E-state index in [4.69, 9.17) is 9.47 Å². The number of rotatable bonds is 8. The van der Waals surface area contributed by atoms with Gasteiger partial charge in [0.1, 0.15) is 6.61 Å². The molecule has 0 saturated heterocycles. The van der Waals surface area contributed by atoms with Crippen molar-refractivity contribution >= 4 is 5.96 Å². The summed E-state index contributed by atoms with van der Waals surface area (Å²) in [6.45, 7) is 3.96. The van der Waals surface area contributed by atoms with Crippen LogP contribution < -0.4 is 14.8 Å². The molecule has 0 aliphatic rings. The number of aliphatic imine (C=N–C) groups is 1. The molecule has 0 unspecified atom stereocenters. The van der Waals surface area contributed by atoms with Crippen LogP contribution in [0.25, 0.3) is 0 Å². The van der Waals surface area contributed by atoms with Gasteiger partial charge in [-0.1, -0.05) is 18.2 Å².